The summed E-state index contributed by atoms with van der Waals surface area (Å²) in [6, 6.07) is 3.94. The highest BCUT2D eigenvalue weighted by molar-refractivity contribution is 9.10. The molecule has 0 saturated carbocycles. The maximum atomic E-state index is 13.2. The molecule has 1 aliphatic rings. The van der Waals surface area contributed by atoms with E-state index in [-0.39, 0.29) is 5.82 Å². The zero-order chi connectivity index (χ0) is 14.5. The van der Waals surface area contributed by atoms with Gasteiger partial charge in [0.15, 0.2) is 0 Å². The third-order valence-corrected chi connectivity index (χ3v) is 3.51. The summed E-state index contributed by atoms with van der Waals surface area (Å²) < 4.78 is 24.5. The number of hydrogen-bond acceptors (Lipinski definition) is 4. The number of rotatable bonds is 5. The molecule has 1 heterocycles. The highest BCUT2D eigenvalue weighted by Gasteiger charge is 2.27. The van der Waals surface area contributed by atoms with Crippen LogP contribution in [-0.2, 0) is 9.53 Å². The Balaban J connectivity index is 1.86. The lowest BCUT2D eigenvalue weighted by Crippen LogP contribution is -2.53. The Morgan fingerprint density at radius 1 is 1.55 bits per heavy atom. The van der Waals surface area contributed by atoms with Gasteiger partial charge in [-0.05, 0) is 12.1 Å². The Kier molecular flexibility index (Phi) is 5.33. The topological polar surface area (TPSA) is 64.8 Å². The zero-order valence-corrected chi connectivity index (χ0v) is 12.4. The van der Waals surface area contributed by atoms with Gasteiger partial charge in [-0.3, -0.25) is 9.69 Å². The Morgan fingerprint density at radius 3 is 3.05 bits per heavy atom. The van der Waals surface area contributed by atoms with Crippen LogP contribution in [0.15, 0.2) is 22.7 Å². The Morgan fingerprint density at radius 2 is 2.35 bits per heavy atom. The van der Waals surface area contributed by atoms with E-state index < -0.39 is 11.9 Å². The van der Waals surface area contributed by atoms with E-state index in [4.69, 9.17) is 15.2 Å². The fourth-order valence-electron chi connectivity index (χ4n) is 2.06. The number of amides is 1. The van der Waals surface area contributed by atoms with Gasteiger partial charge >= 0.3 is 0 Å². The largest absolute Gasteiger partial charge is 0.492 e. The van der Waals surface area contributed by atoms with Gasteiger partial charge in [-0.25, -0.2) is 4.39 Å². The van der Waals surface area contributed by atoms with Gasteiger partial charge < -0.3 is 15.2 Å². The van der Waals surface area contributed by atoms with Crippen LogP contribution in [0.1, 0.15) is 0 Å². The second-order valence-corrected chi connectivity index (χ2v) is 5.40. The fraction of sp³-hybridized carbons (Fsp3) is 0.462. The molecule has 1 aliphatic heterocycles. The molecule has 0 aliphatic carbocycles. The van der Waals surface area contributed by atoms with Crippen molar-refractivity contribution in [1.29, 1.82) is 0 Å². The first-order chi connectivity index (χ1) is 9.56. The van der Waals surface area contributed by atoms with Crippen LogP contribution in [-0.4, -0.2) is 49.8 Å². The van der Waals surface area contributed by atoms with Crippen molar-refractivity contribution in [3.05, 3.63) is 28.5 Å². The van der Waals surface area contributed by atoms with E-state index in [1.165, 1.54) is 12.1 Å². The minimum Gasteiger partial charge on any atom is -0.492 e. The highest BCUT2D eigenvalue weighted by Crippen LogP contribution is 2.20. The van der Waals surface area contributed by atoms with E-state index in [1.807, 2.05) is 4.90 Å². The SMILES string of the molecule is NC(=O)C1COCCN1CCOc1cc(F)cc(Br)c1. The van der Waals surface area contributed by atoms with Crippen molar-refractivity contribution in [3.8, 4) is 5.75 Å². The van der Waals surface area contributed by atoms with Crippen LogP contribution < -0.4 is 10.5 Å². The lowest BCUT2D eigenvalue weighted by Gasteiger charge is -2.33. The van der Waals surface area contributed by atoms with Gasteiger partial charge in [0.2, 0.25) is 5.91 Å². The number of ether oxygens (including phenoxy) is 2. The number of morpholine rings is 1. The van der Waals surface area contributed by atoms with Crippen molar-refractivity contribution in [1.82, 2.24) is 4.90 Å². The molecule has 1 aromatic carbocycles. The molecule has 2 rings (SSSR count). The first-order valence-corrected chi connectivity index (χ1v) is 7.05. The smallest absolute Gasteiger partial charge is 0.237 e. The number of carbonyl (C=O) groups excluding carboxylic acids is 1. The summed E-state index contributed by atoms with van der Waals surface area (Å²) in [5.41, 5.74) is 5.32. The van der Waals surface area contributed by atoms with Gasteiger partial charge in [0.25, 0.3) is 0 Å². The molecular formula is C13H16BrFN2O3. The maximum absolute atomic E-state index is 13.2. The molecule has 0 spiro atoms. The molecule has 2 N–H and O–H groups in total. The van der Waals surface area contributed by atoms with E-state index in [0.29, 0.717) is 43.1 Å². The normalized spacial score (nSPS) is 19.8. The van der Waals surface area contributed by atoms with Gasteiger partial charge in [0.05, 0.1) is 13.2 Å². The molecule has 1 aromatic rings. The predicted molar refractivity (Wildman–Crippen MR) is 75.0 cm³/mol. The predicted octanol–water partition coefficient (Wildman–Crippen LogP) is 1.15. The van der Waals surface area contributed by atoms with Crippen LogP contribution in [0, 0.1) is 5.82 Å². The molecule has 1 amide bonds. The average Bonchev–Trinajstić information content (AvgIpc) is 2.38. The van der Waals surface area contributed by atoms with Gasteiger partial charge in [0, 0.05) is 23.6 Å². The molecule has 1 fully saturated rings. The fourth-order valence-corrected chi connectivity index (χ4v) is 2.50. The van der Waals surface area contributed by atoms with Crippen LogP contribution in [0.5, 0.6) is 5.75 Å². The van der Waals surface area contributed by atoms with Crippen molar-refractivity contribution in [2.75, 3.05) is 32.9 Å². The van der Waals surface area contributed by atoms with Crippen LogP contribution in [0.2, 0.25) is 0 Å². The molecule has 110 valence electrons. The van der Waals surface area contributed by atoms with Gasteiger partial charge in [-0.1, -0.05) is 15.9 Å². The summed E-state index contributed by atoms with van der Waals surface area (Å²) >= 11 is 3.20. The monoisotopic (exact) mass is 346 g/mol. The molecular weight excluding hydrogens is 331 g/mol. The third-order valence-electron chi connectivity index (χ3n) is 3.05. The van der Waals surface area contributed by atoms with Gasteiger partial charge in [-0.2, -0.15) is 0 Å². The maximum Gasteiger partial charge on any atom is 0.237 e. The first kappa shape index (κ1) is 15.2. The lowest BCUT2D eigenvalue weighted by atomic mass is 10.2. The Bertz CT molecular complexity index is 466. The molecule has 0 bridgehead atoms. The molecule has 20 heavy (non-hydrogen) atoms. The number of nitrogens with zero attached hydrogens (tertiary/aromatic N) is 1. The first-order valence-electron chi connectivity index (χ1n) is 6.26. The van der Waals surface area contributed by atoms with Crippen molar-refractivity contribution < 1.29 is 18.7 Å². The summed E-state index contributed by atoms with van der Waals surface area (Å²) in [7, 11) is 0. The molecule has 1 saturated heterocycles. The van der Waals surface area contributed by atoms with E-state index >= 15 is 0 Å². The number of benzene rings is 1. The quantitative estimate of drug-likeness (QED) is 0.868. The molecule has 0 radical (unpaired) electrons. The zero-order valence-electron chi connectivity index (χ0n) is 10.9. The number of carbonyl (C=O) groups is 1. The number of primary amides is 1. The average molecular weight is 347 g/mol. The summed E-state index contributed by atoms with van der Waals surface area (Å²) in [5.74, 6) is -0.324. The second-order valence-electron chi connectivity index (χ2n) is 4.48. The standard InChI is InChI=1S/C13H16BrFN2O3/c14-9-5-10(15)7-11(6-9)20-4-2-17-1-3-19-8-12(17)13(16)18/h5-7,12H,1-4,8H2,(H2,16,18). The van der Waals surface area contributed by atoms with Crippen molar-refractivity contribution >= 4 is 21.8 Å². The van der Waals surface area contributed by atoms with Crippen molar-refractivity contribution in [2.24, 2.45) is 5.73 Å². The Labute approximate surface area is 125 Å². The molecule has 1 atom stereocenters. The number of nitrogens with two attached hydrogens (primary N) is 1. The van der Waals surface area contributed by atoms with Crippen LogP contribution >= 0.6 is 15.9 Å². The van der Waals surface area contributed by atoms with Gasteiger partial charge in [0.1, 0.15) is 24.2 Å². The van der Waals surface area contributed by atoms with Crippen molar-refractivity contribution in [3.63, 3.8) is 0 Å². The third kappa shape index (κ3) is 4.16. The number of halogens is 2. The number of hydrogen-bond donors (Lipinski definition) is 1. The van der Waals surface area contributed by atoms with E-state index in [9.17, 15) is 9.18 Å². The highest BCUT2D eigenvalue weighted by atomic mass is 79.9. The summed E-state index contributed by atoms with van der Waals surface area (Å²) in [5, 5.41) is 0. The van der Waals surface area contributed by atoms with Crippen molar-refractivity contribution in [2.45, 2.75) is 6.04 Å². The summed E-state index contributed by atoms with van der Waals surface area (Å²) in [6.07, 6.45) is 0. The van der Waals surface area contributed by atoms with E-state index in [2.05, 4.69) is 15.9 Å². The van der Waals surface area contributed by atoms with Crippen LogP contribution in [0.25, 0.3) is 0 Å². The summed E-state index contributed by atoms with van der Waals surface area (Å²) in [4.78, 5) is 13.2. The summed E-state index contributed by atoms with van der Waals surface area (Å²) in [6.45, 7) is 2.38. The minimum absolute atomic E-state index is 0.306. The van der Waals surface area contributed by atoms with E-state index in [0.717, 1.165) is 0 Å². The minimum atomic E-state index is -0.424. The van der Waals surface area contributed by atoms with Crippen LogP contribution in [0.3, 0.4) is 0 Å². The van der Waals surface area contributed by atoms with Gasteiger partial charge in [-0.15, -0.1) is 0 Å². The van der Waals surface area contributed by atoms with Crippen LogP contribution in [0.4, 0.5) is 4.39 Å². The lowest BCUT2D eigenvalue weighted by molar-refractivity contribution is -0.129. The van der Waals surface area contributed by atoms with E-state index in [1.54, 1.807) is 6.07 Å². The molecule has 7 heteroatoms. The molecule has 1 unspecified atom stereocenters. The second kappa shape index (κ2) is 7.01. The Hall–Kier alpha value is -1.18. The molecule has 5 nitrogen and oxygen atoms in total. The molecule has 0 aromatic heterocycles.